The Morgan fingerprint density at radius 3 is 2.55 bits per heavy atom. The SMILES string of the molecule is CSc1cc(Cl)[nH]c(=O)c1CNC(=O)c1cc(Cl)c2c(c1C)OC(C)(C1CCC(N3CC(OC(F)F)C3)CC1)O2. The lowest BCUT2D eigenvalue weighted by molar-refractivity contribution is -0.203. The van der Waals surface area contributed by atoms with Gasteiger partial charge >= 0.3 is 6.61 Å². The molecular formula is C27H31Cl2F2N3O5S. The molecule has 1 saturated carbocycles. The van der Waals surface area contributed by atoms with Gasteiger partial charge in [-0.3, -0.25) is 14.5 Å². The number of likely N-dealkylation sites (tertiary alicyclic amines) is 1. The lowest BCUT2D eigenvalue weighted by Crippen LogP contribution is -2.58. The Balaban J connectivity index is 1.23. The van der Waals surface area contributed by atoms with E-state index >= 15 is 0 Å². The average Bonchev–Trinajstić information content (AvgIpc) is 3.26. The molecule has 0 bridgehead atoms. The molecule has 1 unspecified atom stereocenters. The highest BCUT2D eigenvalue weighted by molar-refractivity contribution is 7.98. The van der Waals surface area contributed by atoms with Gasteiger partial charge in [0.05, 0.1) is 16.7 Å². The molecular weight excluding hydrogens is 587 g/mol. The van der Waals surface area contributed by atoms with Crippen molar-refractivity contribution in [2.24, 2.45) is 5.92 Å². The Hall–Kier alpha value is -2.05. The van der Waals surface area contributed by atoms with E-state index in [0.29, 0.717) is 52.2 Å². The number of carbonyl (C=O) groups excluding carboxylic acids is 1. The van der Waals surface area contributed by atoms with E-state index in [1.165, 1.54) is 11.8 Å². The minimum absolute atomic E-state index is 0.0139. The van der Waals surface area contributed by atoms with Crippen LogP contribution >= 0.6 is 35.0 Å². The Morgan fingerprint density at radius 2 is 1.90 bits per heavy atom. The molecule has 1 aliphatic carbocycles. The maximum Gasteiger partial charge on any atom is 0.345 e. The predicted octanol–water partition coefficient (Wildman–Crippen LogP) is 5.61. The summed E-state index contributed by atoms with van der Waals surface area (Å²) in [5.74, 6) is -0.415. The number of aromatic nitrogens is 1. The Bertz CT molecular complexity index is 1350. The highest BCUT2D eigenvalue weighted by Crippen LogP contribution is 2.52. The van der Waals surface area contributed by atoms with Gasteiger partial charge in [-0.2, -0.15) is 8.78 Å². The summed E-state index contributed by atoms with van der Waals surface area (Å²) in [6, 6.07) is 3.52. The van der Waals surface area contributed by atoms with Gasteiger partial charge in [0.2, 0.25) is 0 Å². The van der Waals surface area contributed by atoms with Gasteiger partial charge in [0.1, 0.15) is 5.15 Å². The van der Waals surface area contributed by atoms with E-state index in [0.717, 1.165) is 25.7 Å². The predicted molar refractivity (Wildman–Crippen MR) is 149 cm³/mol. The van der Waals surface area contributed by atoms with Gasteiger partial charge in [-0.1, -0.05) is 23.2 Å². The molecule has 1 aromatic heterocycles. The first-order valence-electron chi connectivity index (χ1n) is 13.1. The minimum atomic E-state index is -2.73. The average molecular weight is 619 g/mol. The molecule has 2 fully saturated rings. The smallest absolute Gasteiger partial charge is 0.345 e. The van der Waals surface area contributed by atoms with Crippen LogP contribution in [-0.4, -0.2) is 59.7 Å². The Morgan fingerprint density at radius 1 is 1.23 bits per heavy atom. The van der Waals surface area contributed by atoms with Crippen molar-refractivity contribution < 1.29 is 27.8 Å². The first-order chi connectivity index (χ1) is 19.0. The lowest BCUT2D eigenvalue weighted by atomic mass is 9.80. The van der Waals surface area contributed by atoms with Gasteiger partial charge in [0, 0.05) is 54.5 Å². The van der Waals surface area contributed by atoms with Crippen LogP contribution in [0.1, 0.15) is 54.1 Å². The van der Waals surface area contributed by atoms with Crippen molar-refractivity contribution in [3.8, 4) is 11.5 Å². The Labute approximate surface area is 245 Å². The lowest BCUT2D eigenvalue weighted by Gasteiger charge is -2.47. The zero-order valence-corrected chi connectivity index (χ0v) is 24.7. The third-order valence-electron chi connectivity index (χ3n) is 8.13. The number of carbonyl (C=O) groups is 1. The summed E-state index contributed by atoms with van der Waals surface area (Å²) in [4.78, 5) is 31.0. The van der Waals surface area contributed by atoms with Gasteiger partial charge in [-0.15, -0.1) is 11.8 Å². The number of pyridine rings is 1. The van der Waals surface area contributed by atoms with Crippen LogP contribution in [0.5, 0.6) is 11.5 Å². The molecule has 3 aliphatic rings. The normalized spacial score (nSPS) is 24.8. The number of nitrogens with one attached hydrogen (secondary N) is 2. The second-order valence-corrected chi connectivity index (χ2v) is 12.2. The van der Waals surface area contributed by atoms with Crippen molar-refractivity contribution in [3.05, 3.63) is 49.4 Å². The number of thioether (sulfide) groups is 1. The fraction of sp³-hybridized carbons (Fsp3) is 0.556. The summed E-state index contributed by atoms with van der Waals surface area (Å²) >= 11 is 13.9. The number of H-pyrrole nitrogens is 1. The molecule has 2 aromatic rings. The molecule has 5 rings (SSSR count). The molecule has 1 atom stereocenters. The first kappa shape index (κ1) is 29.4. The number of amides is 1. The number of nitrogens with zero attached hydrogens (tertiary/aromatic N) is 1. The molecule has 3 heterocycles. The second-order valence-electron chi connectivity index (χ2n) is 10.6. The van der Waals surface area contributed by atoms with Crippen molar-refractivity contribution >= 4 is 40.9 Å². The topological polar surface area (TPSA) is 92.9 Å². The summed E-state index contributed by atoms with van der Waals surface area (Å²) in [6.07, 6.45) is 4.89. The van der Waals surface area contributed by atoms with Crippen LogP contribution < -0.4 is 20.3 Å². The van der Waals surface area contributed by atoms with Crippen molar-refractivity contribution in [1.29, 1.82) is 0 Å². The van der Waals surface area contributed by atoms with Gasteiger partial charge in [-0.25, -0.2) is 0 Å². The fourth-order valence-electron chi connectivity index (χ4n) is 5.86. The largest absolute Gasteiger partial charge is 0.448 e. The molecule has 13 heteroatoms. The van der Waals surface area contributed by atoms with E-state index in [1.807, 2.05) is 13.2 Å². The number of hydrogen-bond acceptors (Lipinski definition) is 7. The standard InChI is InChI=1S/C27H31Cl2F2N3O5S/c1-13-17(24(35)32-10-18-20(40-3)9-21(29)33-25(18)36)8-19(28)23-22(13)38-27(2,39-23)14-4-6-15(7-5-14)34-11-16(12-34)37-26(30)31/h8-9,14-16,26H,4-7,10-12H2,1-3H3,(H,32,35)(H,33,36). The number of fused-ring (bicyclic) bond motifs is 1. The van der Waals surface area contributed by atoms with Crippen LogP contribution in [0.3, 0.4) is 0 Å². The number of halogens is 4. The van der Waals surface area contributed by atoms with Gasteiger partial charge < -0.3 is 24.5 Å². The molecule has 2 aliphatic heterocycles. The van der Waals surface area contributed by atoms with E-state index in [4.69, 9.17) is 32.7 Å². The van der Waals surface area contributed by atoms with Crippen LogP contribution in [-0.2, 0) is 11.3 Å². The molecule has 2 N–H and O–H groups in total. The number of hydrogen-bond donors (Lipinski definition) is 2. The van der Waals surface area contributed by atoms with Crippen LogP contribution in [0.4, 0.5) is 8.78 Å². The molecule has 1 amide bonds. The van der Waals surface area contributed by atoms with Crippen LogP contribution in [0, 0.1) is 12.8 Å². The van der Waals surface area contributed by atoms with E-state index in [1.54, 1.807) is 19.1 Å². The number of rotatable bonds is 8. The monoisotopic (exact) mass is 617 g/mol. The zero-order valence-electron chi connectivity index (χ0n) is 22.3. The molecule has 1 saturated heterocycles. The minimum Gasteiger partial charge on any atom is -0.448 e. The first-order valence-corrected chi connectivity index (χ1v) is 15.1. The molecule has 8 nitrogen and oxygen atoms in total. The summed E-state index contributed by atoms with van der Waals surface area (Å²) < 4.78 is 42.1. The van der Waals surface area contributed by atoms with E-state index in [2.05, 4.69) is 19.9 Å². The van der Waals surface area contributed by atoms with Gasteiger partial charge in [0.25, 0.3) is 17.3 Å². The fourth-order valence-corrected chi connectivity index (χ4v) is 7.00. The summed E-state index contributed by atoms with van der Waals surface area (Å²) in [5, 5.41) is 3.30. The number of alkyl halides is 2. The second kappa shape index (κ2) is 11.7. The van der Waals surface area contributed by atoms with Crippen LogP contribution in [0.2, 0.25) is 10.2 Å². The Kier molecular flexibility index (Phi) is 8.60. The van der Waals surface area contributed by atoms with E-state index in [-0.39, 0.29) is 28.2 Å². The van der Waals surface area contributed by atoms with Gasteiger partial charge in [0.15, 0.2) is 11.5 Å². The maximum absolute atomic E-state index is 13.2. The quantitative estimate of drug-likeness (QED) is 0.294. The highest BCUT2D eigenvalue weighted by atomic mass is 35.5. The third kappa shape index (κ3) is 5.81. The summed E-state index contributed by atoms with van der Waals surface area (Å²) in [7, 11) is 0. The molecule has 218 valence electrons. The molecule has 0 radical (unpaired) electrons. The van der Waals surface area contributed by atoms with Crippen molar-refractivity contribution in [2.45, 2.75) is 75.5 Å². The molecule has 1 aromatic carbocycles. The number of ether oxygens (including phenoxy) is 3. The van der Waals surface area contributed by atoms with Crippen LogP contribution in [0.15, 0.2) is 21.8 Å². The summed E-state index contributed by atoms with van der Waals surface area (Å²) in [6.45, 7) is 2.00. The maximum atomic E-state index is 13.2. The van der Waals surface area contributed by atoms with Gasteiger partial charge in [-0.05, 0) is 51.0 Å². The molecule has 40 heavy (non-hydrogen) atoms. The third-order valence-corrected chi connectivity index (χ3v) is 9.42. The van der Waals surface area contributed by atoms with Crippen LogP contribution in [0.25, 0.3) is 0 Å². The summed E-state index contributed by atoms with van der Waals surface area (Å²) in [5.41, 5.74) is 0.969. The highest BCUT2D eigenvalue weighted by Gasteiger charge is 2.48. The van der Waals surface area contributed by atoms with Crippen molar-refractivity contribution in [3.63, 3.8) is 0 Å². The zero-order chi connectivity index (χ0) is 28.8. The van der Waals surface area contributed by atoms with Crippen molar-refractivity contribution in [1.82, 2.24) is 15.2 Å². The number of benzene rings is 1. The van der Waals surface area contributed by atoms with E-state index in [9.17, 15) is 18.4 Å². The number of aromatic amines is 1. The van der Waals surface area contributed by atoms with Crippen molar-refractivity contribution in [2.75, 3.05) is 19.3 Å². The van der Waals surface area contributed by atoms with E-state index < -0.39 is 24.4 Å². The molecule has 0 spiro atoms.